The van der Waals surface area contributed by atoms with Crippen molar-refractivity contribution in [3.63, 3.8) is 0 Å². The summed E-state index contributed by atoms with van der Waals surface area (Å²) in [5, 5.41) is 7.15. The Hall–Kier alpha value is -4.28. The van der Waals surface area contributed by atoms with Crippen molar-refractivity contribution in [3.8, 4) is 0 Å². The number of pyridine rings is 1. The Labute approximate surface area is 194 Å². The second kappa shape index (κ2) is 11.0. The Bertz CT molecular complexity index is 1210. The molecule has 0 bridgehead atoms. The van der Waals surface area contributed by atoms with E-state index in [0.29, 0.717) is 18.5 Å². The number of ketones is 1. The molecule has 1 atom stereocenters. The maximum absolute atomic E-state index is 13.0. The maximum atomic E-state index is 13.0. The van der Waals surface area contributed by atoms with Gasteiger partial charge < -0.3 is 29.7 Å². The van der Waals surface area contributed by atoms with Gasteiger partial charge in [0.15, 0.2) is 5.76 Å². The van der Waals surface area contributed by atoms with Gasteiger partial charge >= 0.3 is 0 Å². The summed E-state index contributed by atoms with van der Waals surface area (Å²) in [6, 6.07) is 3.17. The minimum Gasteiger partial charge on any atom is -0.451 e. The van der Waals surface area contributed by atoms with Crippen molar-refractivity contribution in [1.82, 2.24) is 15.2 Å². The minimum atomic E-state index is -1.25. The molecule has 0 radical (unpaired) electrons. The van der Waals surface area contributed by atoms with E-state index in [9.17, 15) is 28.8 Å². The van der Waals surface area contributed by atoms with Crippen molar-refractivity contribution < 1.29 is 28.4 Å². The fourth-order valence-corrected chi connectivity index (χ4v) is 3.42. The smallest absolute Gasteiger partial charge is 0.287 e. The van der Waals surface area contributed by atoms with E-state index in [2.05, 4.69) is 16.0 Å². The Kier molecular flexibility index (Phi) is 7.91. The van der Waals surface area contributed by atoms with Gasteiger partial charge in [0.2, 0.25) is 11.7 Å². The fourth-order valence-electron chi connectivity index (χ4n) is 3.42. The molecule has 1 unspecified atom stereocenters. The van der Waals surface area contributed by atoms with Gasteiger partial charge in [-0.15, -0.1) is 0 Å². The second-order valence-electron chi connectivity index (χ2n) is 7.54. The van der Waals surface area contributed by atoms with E-state index in [1.165, 1.54) is 25.4 Å². The highest BCUT2D eigenvalue weighted by molar-refractivity contribution is 6.36. The molecule has 0 aliphatic heterocycles. The van der Waals surface area contributed by atoms with Gasteiger partial charge in [-0.2, -0.15) is 0 Å². The van der Waals surface area contributed by atoms with Gasteiger partial charge in [0.1, 0.15) is 23.8 Å². The predicted octanol–water partition coefficient (Wildman–Crippen LogP) is 0.432. The van der Waals surface area contributed by atoms with Crippen LogP contribution in [0, 0.1) is 0 Å². The molecule has 11 heteroatoms. The molecule has 2 aromatic heterocycles. The number of allylic oxidation sites excluding steroid dienone is 1. The van der Waals surface area contributed by atoms with Crippen LogP contribution in [0.5, 0.6) is 0 Å². The third-order valence-corrected chi connectivity index (χ3v) is 5.23. The monoisotopic (exact) mass is 468 g/mol. The lowest BCUT2D eigenvalue weighted by Gasteiger charge is -2.17. The van der Waals surface area contributed by atoms with Crippen LogP contribution in [-0.2, 0) is 32.1 Å². The van der Waals surface area contributed by atoms with Gasteiger partial charge in [0, 0.05) is 19.7 Å². The number of aromatic nitrogens is 1. The number of fused-ring (bicyclic) bond motifs is 1. The average Bonchev–Trinajstić information content (AvgIpc) is 3.28. The molecular weight excluding hydrogens is 444 g/mol. The van der Waals surface area contributed by atoms with Crippen LogP contribution < -0.4 is 21.5 Å². The summed E-state index contributed by atoms with van der Waals surface area (Å²) in [7, 11) is 1.30. The van der Waals surface area contributed by atoms with Gasteiger partial charge in [0.05, 0.1) is 6.54 Å². The first-order valence-corrected chi connectivity index (χ1v) is 10.6. The second-order valence-corrected chi connectivity index (χ2v) is 7.54. The zero-order chi connectivity index (χ0) is 24.7. The standard InChI is InChI=1S/C23H24N4O7/c1-24-21(31)17(29)9-8-15(20(30)26-16-6-4-10-27(11-12-28)23(16)33)25-22(32)19-13-14-5-2-3-7-18(14)34-19/h3-4,6-7,10,12-13,15H,2,5,8-9,11H2,1H3,(H,24,31)(H,25,32)(H,26,30). The molecule has 178 valence electrons. The van der Waals surface area contributed by atoms with E-state index in [4.69, 9.17) is 4.42 Å². The summed E-state index contributed by atoms with van der Waals surface area (Å²) >= 11 is 0. The number of hydrogen-bond acceptors (Lipinski definition) is 7. The first-order valence-electron chi connectivity index (χ1n) is 10.6. The lowest BCUT2D eigenvalue weighted by molar-refractivity contribution is -0.137. The molecular formula is C23H24N4O7. The largest absolute Gasteiger partial charge is 0.451 e. The molecule has 0 spiro atoms. The third-order valence-electron chi connectivity index (χ3n) is 5.23. The van der Waals surface area contributed by atoms with Crippen LogP contribution in [0.15, 0.2) is 39.7 Å². The molecule has 2 heterocycles. The SMILES string of the molecule is CNC(=O)C(=O)CCC(NC(=O)c1cc2c(o1)C=CCC2)C(=O)Nc1cccn(CC=O)c1=O. The summed E-state index contributed by atoms with van der Waals surface area (Å²) in [5.74, 6) is -2.47. The fraction of sp³-hybridized carbons (Fsp3) is 0.304. The molecule has 2 aromatic rings. The maximum Gasteiger partial charge on any atom is 0.287 e. The molecule has 11 nitrogen and oxygen atoms in total. The molecule has 3 N–H and O–H groups in total. The van der Waals surface area contributed by atoms with Crippen LogP contribution in [0.2, 0.25) is 0 Å². The summed E-state index contributed by atoms with van der Waals surface area (Å²) in [6.07, 6.45) is 6.64. The number of aryl methyl sites for hydroxylation is 1. The Morgan fingerprint density at radius 3 is 2.76 bits per heavy atom. The zero-order valence-corrected chi connectivity index (χ0v) is 18.5. The first kappa shape index (κ1) is 24.4. The van der Waals surface area contributed by atoms with Crippen LogP contribution in [0.25, 0.3) is 6.08 Å². The molecule has 1 aliphatic carbocycles. The molecule has 0 fully saturated rings. The van der Waals surface area contributed by atoms with Crippen LogP contribution in [0.4, 0.5) is 5.69 Å². The van der Waals surface area contributed by atoms with E-state index < -0.39 is 35.1 Å². The number of anilines is 1. The molecule has 0 saturated heterocycles. The number of nitrogens with one attached hydrogen (secondary N) is 3. The molecule has 3 amide bonds. The van der Waals surface area contributed by atoms with Crippen LogP contribution in [0.1, 0.15) is 41.1 Å². The lowest BCUT2D eigenvalue weighted by Crippen LogP contribution is -2.45. The van der Waals surface area contributed by atoms with Crippen molar-refractivity contribution in [3.05, 3.63) is 57.9 Å². The quantitative estimate of drug-likeness (QED) is 0.337. The molecule has 3 rings (SSSR count). The number of hydrogen-bond donors (Lipinski definition) is 3. The Balaban J connectivity index is 1.79. The highest BCUT2D eigenvalue weighted by Gasteiger charge is 2.26. The first-order chi connectivity index (χ1) is 16.3. The van der Waals surface area contributed by atoms with Crippen molar-refractivity contribution >= 4 is 41.6 Å². The van der Waals surface area contributed by atoms with Crippen molar-refractivity contribution in [2.75, 3.05) is 12.4 Å². The number of carbonyl (C=O) groups is 5. The van der Waals surface area contributed by atoms with Crippen LogP contribution >= 0.6 is 0 Å². The summed E-state index contributed by atoms with van der Waals surface area (Å²) < 4.78 is 6.67. The summed E-state index contributed by atoms with van der Waals surface area (Å²) in [6.45, 7) is -0.194. The lowest BCUT2D eigenvalue weighted by atomic mass is 10.0. The Morgan fingerprint density at radius 2 is 2.06 bits per heavy atom. The molecule has 34 heavy (non-hydrogen) atoms. The number of amides is 3. The highest BCUT2D eigenvalue weighted by Crippen LogP contribution is 2.23. The topological polar surface area (TPSA) is 157 Å². The number of likely N-dealkylation sites (N-methyl/N-ethyl adjacent to an activating group) is 1. The molecule has 0 saturated carbocycles. The number of aldehydes is 1. The molecule has 0 aromatic carbocycles. The van der Waals surface area contributed by atoms with Crippen LogP contribution in [0.3, 0.4) is 0 Å². The Morgan fingerprint density at radius 1 is 1.26 bits per heavy atom. The number of carbonyl (C=O) groups excluding carboxylic acids is 5. The molecule has 1 aliphatic rings. The van der Waals surface area contributed by atoms with E-state index >= 15 is 0 Å². The number of rotatable bonds is 10. The predicted molar refractivity (Wildman–Crippen MR) is 121 cm³/mol. The number of Topliss-reactive ketones (excluding diaryl/α,β-unsaturated/α-hetero) is 1. The van der Waals surface area contributed by atoms with Crippen molar-refractivity contribution in [2.24, 2.45) is 0 Å². The van der Waals surface area contributed by atoms with Crippen LogP contribution in [-0.4, -0.2) is 47.4 Å². The van der Waals surface area contributed by atoms with Crippen molar-refractivity contribution in [2.45, 2.75) is 38.3 Å². The minimum absolute atomic E-state index is 0.0000255. The normalized spacial score (nSPS) is 12.9. The van der Waals surface area contributed by atoms with Gasteiger partial charge in [-0.1, -0.05) is 6.08 Å². The van der Waals surface area contributed by atoms with E-state index in [-0.39, 0.29) is 30.8 Å². The van der Waals surface area contributed by atoms with E-state index in [1.54, 1.807) is 12.1 Å². The average molecular weight is 468 g/mol. The van der Waals surface area contributed by atoms with E-state index in [1.807, 2.05) is 6.08 Å². The van der Waals surface area contributed by atoms with Gasteiger partial charge in [-0.25, -0.2) is 0 Å². The number of furan rings is 1. The third kappa shape index (κ3) is 5.74. The summed E-state index contributed by atoms with van der Waals surface area (Å²) in [4.78, 5) is 72.4. The zero-order valence-electron chi connectivity index (χ0n) is 18.5. The summed E-state index contributed by atoms with van der Waals surface area (Å²) in [5.41, 5.74) is 0.147. The van der Waals surface area contributed by atoms with Gasteiger partial charge in [-0.3, -0.25) is 24.0 Å². The van der Waals surface area contributed by atoms with Gasteiger partial charge in [-0.05, 0) is 49.1 Å². The van der Waals surface area contributed by atoms with E-state index in [0.717, 1.165) is 16.6 Å². The van der Waals surface area contributed by atoms with Gasteiger partial charge in [0.25, 0.3) is 17.4 Å². The highest BCUT2D eigenvalue weighted by atomic mass is 16.4. The number of nitrogens with zero attached hydrogens (tertiary/aromatic N) is 1. The van der Waals surface area contributed by atoms with Crippen molar-refractivity contribution in [1.29, 1.82) is 0 Å².